The maximum absolute atomic E-state index is 12.3. The Morgan fingerprint density at radius 3 is 1.35 bits per heavy atom. The van der Waals surface area contributed by atoms with Crippen LogP contribution in [0.5, 0.6) is 0 Å². The van der Waals surface area contributed by atoms with Crippen LogP contribution in [0.2, 0.25) is 0 Å². The Morgan fingerprint density at radius 1 is 0.870 bits per heavy atom. The molecule has 0 aromatic heterocycles. The molecular formula is C8H8BrF8I2NaO2S. The molecule has 0 saturated heterocycles. The van der Waals surface area contributed by atoms with Crippen LogP contribution < -0.4 is 29.6 Å². The van der Waals surface area contributed by atoms with Gasteiger partial charge in [-0.05, 0) is 15.9 Å². The summed E-state index contributed by atoms with van der Waals surface area (Å²) in [5.74, 6) is -8.42. The molecule has 0 aliphatic heterocycles. The van der Waals surface area contributed by atoms with E-state index in [1.165, 1.54) is 22.6 Å². The molecule has 2 nitrogen and oxygen atoms in total. The summed E-state index contributed by atoms with van der Waals surface area (Å²) in [6.07, 6.45) is -1.97. The van der Waals surface area contributed by atoms with E-state index in [1.54, 1.807) is 38.5 Å². The molecular weight excluding hydrogens is 669 g/mol. The molecule has 0 radical (unpaired) electrons. The third-order valence-electron chi connectivity index (χ3n) is 1.87. The Balaban J connectivity index is -0.000000338. The fourth-order valence-electron chi connectivity index (χ4n) is 0.647. The summed E-state index contributed by atoms with van der Waals surface area (Å²) in [6.45, 7) is 0. The minimum atomic E-state index is -4.97. The molecule has 0 aromatic rings. The van der Waals surface area contributed by atoms with E-state index in [0.29, 0.717) is 0 Å². The molecule has 0 aliphatic rings. The van der Waals surface area contributed by atoms with E-state index in [-0.39, 0.29) is 38.4 Å². The maximum atomic E-state index is 12.3. The Bertz CT molecular complexity index is 372. The predicted octanol–water partition coefficient (Wildman–Crippen LogP) is 2.36. The van der Waals surface area contributed by atoms with Crippen molar-refractivity contribution in [3.8, 4) is 0 Å². The standard InChI is InChI=1S/C4H4BrF4I.C4H5F4IO2S.Na/c5-4(8,9)3(6,7)1-2-10;5-3(6,1-2-9)4(7,8)12(10)11;/h1-2H2;1-2H2,(H,10,11);/q;;+1/p-1. The third-order valence-corrected chi connectivity index (χ3v) is 4.24. The molecule has 136 valence electrons. The Hall–Kier alpha value is 2.49. The van der Waals surface area contributed by atoms with Crippen molar-refractivity contribution in [2.24, 2.45) is 0 Å². The zero-order chi connectivity index (χ0) is 18.4. The molecule has 0 bridgehead atoms. The van der Waals surface area contributed by atoms with Crippen LogP contribution in [0.15, 0.2) is 0 Å². The van der Waals surface area contributed by atoms with Gasteiger partial charge in [-0.1, -0.05) is 45.2 Å². The second-order valence-electron chi connectivity index (χ2n) is 3.54. The van der Waals surface area contributed by atoms with Crippen molar-refractivity contribution in [3.63, 3.8) is 0 Å². The van der Waals surface area contributed by atoms with E-state index in [4.69, 9.17) is 0 Å². The summed E-state index contributed by atoms with van der Waals surface area (Å²) < 4.78 is 116. The van der Waals surface area contributed by atoms with Crippen molar-refractivity contribution in [2.45, 2.75) is 34.8 Å². The summed E-state index contributed by atoms with van der Waals surface area (Å²) in [6, 6.07) is 0. The SMILES string of the molecule is FC(F)(Br)C(F)(F)CCI.O=S([O-])C(F)(F)C(F)(F)CCI.[Na+]. The molecule has 23 heavy (non-hydrogen) atoms. The van der Waals surface area contributed by atoms with Crippen LogP contribution in [-0.2, 0) is 11.1 Å². The Morgan fingerprint density at radius 2 is 1.17 bits per heavy atom. The van der Waals surface area contributed by atoms with Crippen LogP contribution in [0.3, 0.4) is 0 Å². The summed E-state index contributed by atoms with van der Waals surface area (Å²) >= 11 is 0.611. The molecule has 0 heterocycles. The molecule has 0 saturated carbocycles. The normalized spacial score (nSPS) is 14.4. The van der Waals surface area contributed by atoms with Crippen molar-refractivity contribution in [2.75, 3.05) is 8.86 Å². The maximum Gasteiger partial charge on any atom is 1.00 e. The van der Waals surface area contributed by atoms with Gasteiger partial charge in [0.05, 0.1) is 0 Å². The molecule has 0 spiro atoms. The summed E-state index contributed by atoms with van der Waals surface area (Å²) in [4.78, 5) is -4.08. The minimum Gasteiger partial charge on any atom is -0.768 e. The molecule has 0 aliphatic carbocycles. The summed E-state index contributed by atoms with van der Waals surface area (Å²) in [5, 5.41) is -4.97. The van der Waals surface area contributed by atoms with Gasteiger partial charge in [-0.2, -0.15) is 35.1 Å². The monoisotopic (exact) mass is 676 g/mol. The minimum absolute atomic E-state index is 0. The van der Waals surface area contributed by atoms with Crippen LogP contribution in [0, 0.1) is 0 Å². The van der Waals surface area contributed by atoms with E-state index < -0.39 is 45.9 Å². The number of halogens is 11. The second kappa shape index (κ2) is 12.0. The Kier molecular flexibility index (Phi) is 15.8. The molecule has 0 aromatic carbocycles. The van der Waals surface area contributed by atoms with Crippen LogP contribution in [0.4, 0.5) is 35.1 Å². The van der Waals surface area contributed by atoms with Gasteiger partial charge < -0.3 is 4.55 Å². The van der Waals surface area contributed by atoms with E-state index in [9.17, 15) is 43.9 Å². The van der Waals surface area contributed by atoms with Gasteiger partial charge in [0.15, 0.2) is 0 Å². The molecule has 1 unspecified atom stereocenters. The van der Waals surface area contributed by atoms with E-state index in [2.05, 4.69) is 0 Å². The smallest absolute Gasteiger partial charge is 0.768 e. The first-order valence-corrected chi connectivity index (χ1v) is 9.90. The third kappa shape index (κ3) is 10.4. The number of hydrogen-bond acceptors (Lipinski definition) is 2. The van der Waals surface area contributed by atoms with Crippen LogP contribution in [0.25, 0.3) is 0 Å². The zero-order valence-corrected chi connectivity index (χ0v) is 19.9. The molecule has 15 heteroatoms. The van der Waals surface area contributed by atoms with E-state index in [1.807, 2.05) is 0 Å². The van der Waals surface area contributed by atoms with Crippen LogP contribution >= 0.6 is 61.1 Å². The predicted molar refractivity (Wildman–Crippen MR) is 84.6 cm³/mol. The van der Waals surface area contributed by atoms with Crippen molar-refractivity contribution >= 4 is 72.2 Å². The fourth-order valence-corrected chi connectivity index (χ4v) is 2.55. The molecule has 0 fully saturated rings. The van der Waals surface area contributed by atoms with Gasteiger partial charge in [-0.3, -0.25) is 4.21 Å². The van der Waals surface area contributed by atoms with E-state index in [0.717, 1.165) is 0 Å². The summed E-state index contributed by atoms with van der Waals surface area (Å²) in [7, 11) is 0. The first kappa shape index (κ1) is 30.2. The van der Waals surface area contributed by atoms with Crippen molar-refractivity contribution in [1.29, 1.82) is 0 Å². The average molecular weight is 677 g/mol. The topological polar surface area (TPSA) is 40.1 Å². The molecule has 0 rings (SSSR count). The van der Waals surface area contributed by atoms with Gasteiger partial charge in [-0.25, -0.2) is 0 Å². The van der Waals surface area contributed by atoms with Gasteiger partial charge in [0.25, 0.3) is 0 Å². The van der Waals surface area contributed by atoms with Gasteiger partial charge in [0.2, 0.25) is 0 Å². The molecule has 1 atom stereocenters. The second-order valence-corrected chi connectivity index (χ2v) is 7.67. The van der Waals surface area contributed by atoms with Crippen LogP contribution in [0.1, 0.15) is 12.8 Å². The van der Waals surface area contributed by atoms with Crippen molar-refractivity contribution in [1.82, 2.24) is 0 Å². The van der Waals surface area contributed by atoms with Gasteiger partial charge in [0.1, 0.15) is 0 Å². The van der Waals surface area contributed by atoms with Gasteiger partial charge in [0, 0.05) is 32.8 Å². The van der Waals surface area contributed by atoms with Crippen molar-refractivity contribution in [3.05, 3.63) is 0 Å². The zero-order valence-electron chi connectivity index (χ0n) is 11.2. The number of alkyl halides is 11. The van der Waals surface area contributed by atoms with Crippen molar-refractivity contribution < 1.29 is 73.4 Å². The van der Waals surface area contributed by atoms with E-state index >= 15 is 0 Å². The quantitative estimate of drug-likeness (QED) is 0.137. The molecule has 0 N–H and O–H groups in total. The Labute approximate surface area is 187 Å². The number of rotatable bonds is 7. The number of hydrogen-bond donors (Lipinski definition) is 0. The fraction of sp³-hybridized carbons (Fsp3) is 1.00. The van der Waals surface area contributed by atoms with Gasteiger partial charge in [-0.15, -0.1) is 0 Å². The van der Waals surface area contributed by atoms with Crippen LogP contribution in [-0.4, -0.2) is 39.5 Å². The average Bonchev–Trinajstić information content (AvgIpc) is 2.27. The largest absolute Gasteiger partial charge is 1.00 e. The van der Waals surface area contributed by atoms with Gasteiger partial charge >= 0.3 is 51.5 Å². The first-order valence-electron chi connectivity index (χ1n) is 4.98. The first-order chi connectivity index (χ1) is 9.56. The summed E-state index contributed by atoms with van der Waals surface area (Å²) in [5.41, 5.74) is 0. The molecule has 0 amide bonds.